The van der Waals surface area contributed by atoms with Gasteiger partial charge in [-0.1, -0.05) is 24.7 Å². The molecule has 1 aliphatic carbocycles. The van der Waals surface area contributed by atoms with Crippen molar-refractivity contribution in [3.63, 3.8) is 0 Å². The van der Waals surface area contributed by atoms with E-state index in [-0.39, 0.29) is 5.91 Å². The molecule has 0 bridgehead atoms. The summed E-state index contributed by atoms with van der Waals surface area (Å²) in [4.78, 5) is 19.5. The molecule has 1 aromatic heterocycles. The second-order valence-corrected chi connectivity index (χ2v) is 7.20. The summed E-state index contributed by atoms with van der Waals surface area (Å²) >= 11 is 1.41. The summed E-state index contributed by atoms with van der Waals surface area (Å²) in [6, 6.07) is 0.513. The van der Waals surface area contributed by atoms with E-state index in [0.29, 0.717) is 22.7 Å². The second-order valence-electron chi connectivity index (χ2n) is 6.20. The number of hydrogen-bond acceptors (Lipinski definition) is 5. The Morgan fingerprint density at radius 1 is 1.48 bits per heavy atom. The van der Waals surface area contributed by atoms with Crippen LogP contribution in [0.2, 0.25) is 0 Å². The van der Waals surface area contributed by atoms with Crippen molar-refractivity contribution < 1.29 is 4.79 Å². The number of likely N-dealkylation sites (tertiary alicyclic amines) is 1. The molecule has 2 aliphatic rings. The first kappa shape index (κ1) is 14.6. The largest absolute Gasteiger partial charge is 0.382 e. The van der Waals surface area contributed by atoms with E-state index in [1.807, 2.05) is 4.90 Å². The van der Waals surface area contributed by atoms with Gasteiger partial charge in [0.1, 0.15) is 10.7 Å². The number of thiazole rings is 1. The SMILES string of the molecule is CCCC1CCN(C(=O)c2sc(NC3CCC3)nc2N)C1. The average molecular weight is 308 g/mol. The van der Waals surface area contributed by atoms with E-state index in [0.717, 1.165) is 24.6 Å². The van der Waals surface area contributed by atoms with Crippen LogP contribution in [0.3, 0.4) is 0 Å². The second kappa shape index (κ2) is 6.22. The van der Waals surface area contributed by atoms with Crippen LogP contribution in [-0.4, -0.2) is 34.9 Å². The van der Waals surface area contributed by atoms with Crippen LogP contribution in [0.4, 0.5) is 10.9 Å². The van der Waals surface area contributed by atoms with Crippen molar-refractivity contribution in [2.45, 2.75) is 51.5 Å². The number of anilines is 2. The fraction of sp³-hybridized carbons (Fsp3) is 0.733. The number of rotatable bonds is 5. The Bertz CT molecular complexity index is 512. The number of amides is 1. The van der Waals surface area contributed by atoms with E-state index in [1.54, 1.807) is 0 Å². The molecule has 2 heterocycles. The van der Waals surface area contributed by atoms with Crippen LogP contribution < -0.4 is 11.1 Å². The number of nitrogen functional groups attached to an aromatic ring is 1. The van der Waals surface area contributed by atoms with Gasteiger partial charge in [-0.05, 0) is 38.0 Å². The standard InChI is InChI=1S/C15H24N4OS/c1-2-4-10-7-8-19(9-10)14(20)12-13(16)18-15(21-12)17-11-5-3-6-11/h10-11H,2-9,16H2,1H3,(H,17,18). The van der Waals surface area contributed by atoms with Gasteiger partial charge in [-0.2, -0.15) is 0 Å². The first-order chi connectivity index (χ1) is 10.2. The van der Waals surface area contributed by atoms with E-state index >= 15 is 0 Å². The van der Waals surface area contributed by atoms with E-state index in [4.69, 9.17) is 5.73 Å². The maximum absolute atomic E-state index is 12.6. The third kappa shape index (κ3) is 3.15. The summed E-state index contributed by atoms with van der Waals surface area (Å²) < 4.78 is 0. The van der Waals surface area contributed by atoms with E-state index in [1.165, 1.54) is 43.4 Å². The predicted octanol–water partition coefficient (Wildman–Crippen LogP) is 2.95. The van der Waals surface area contributed by atoms with Crippen molar-refractivity contribution in [3.8, 4) is 0 Å². The van der Waals surface area contributed by atoms with Crippen molar-refractivity contribution in [1.82, 2.24) is 9.88 Å². The number of nitrogens with one attached hydrogen (secondary N) is 1. The lowest BCUT2D eigenvalue weighted by Gasteiger charge is -2.25. The fourth-order valence-electron chi connectivity index (χ4n) is 3.08. The molecule has 5 nitrogen and oxygen atoms in total. The van der Waals surface area contributed by atoms with Gasteiger partial charge in [-0.3, -0.25) is 4.79 Å². The Labute approximate surface area is 129 Å². The van der Waals surface area contributed by atoms with Gasteiger partial charge in [0, 0.05) is 19.1 Å². The van der Waals surface area contributed by atoms with Crippen molar-refractivity contribution in [2.24, 2.45) is 5.92 Å². The molecule has 0 aromatic carbocycles. The van der Waals surface area contributed by atoms with Crippen LogP contribution in [-0.2, 0) is 0 Å². The molecule has 3 rings (SSSR count). The van der Waals surface area contributed by atoms with Gasteiger partial charge in [-0.15, -0.1) is 0 Å². The maximum atomic E-state index is 12.6. The third-order valence-electron chi connectivity index (χ3n) is 4.55. The molecule has 1 aliphatic heterocycles. The topological polar surface area (TPSA) is 71.2 Å². The van der Waals surface area contributed by atoms with E-state index in [9.17, 15) is 4.79 Å². The minimum absolute atomic E-state index is 0.0604. The lowest BCUT2D eigenvalue weighted by molar-refractivity contribution is 0.0792. The van der Waals surface area contributed by atoms with Gasteiger partial charge in [-0.25, -0.2) is 4.98 Å². The molecule has 0 radical (unpaired) electrons. The molecule has 6 heteroatoms. The Hall–Kier alpha value is -1.30. The first-order valence-electron chi connectivity index (χ1n) is 7.99. The highest BCUT2D eigenvalue weighted by atomic mass is 32.1. The van der Waals surface area contributed by atoms with Crippen molar-refractivity contribution in [3.05, 3.63) is 4.88 Å². The smallest absolute Gasteiger partial charge is 0.267 e. The van der Waals surface area contributed by atoms with Gasteiger partial charge in [0.25, 0.3) is 5.91 Å². The Morgan fingerprint density at radius 2 is 2.29 bits per heavy atom. The number of carbonyl (C=O) groups excluding carboxylic acids is 1. The summed E-state index contributed by atoms with van der Waals surface area (Å²) in [6.45, 7) is 3.92. The van der Waals surface area contributed by atoms with Crippen LogP contribution in [0.1, 0.15) is 55.1 Å². The van der Waals surface area contributed by atoms with Gasteiger partial charge < -0.3 is 16.0 Å². The summed E-state index contributed by atoms with van der Waals surface area (Å²) in [5, 5.41) is 4.17. The molecule has 116 valence electrons. The molecule has 21 heavy (non-hydrogen) atoms. The van der Waals surface area contributed by atoms with Gasteiger partial charge in [0.15, 0.2) is 5.13 Å². The van der Waals surface area contributed by atoms with Gasteiger partial charge in [0.2, 0.25) is 0 Å². The molecular weight excluding hydrogens is 284 g/mol. The highest BCUT2D eigenvalue weighted by Gasteiger charge is 2.29. The van der Waals surface area contributed by atoms with Crippen molar-refractivity contribution >= 4 is 28.2 Å². The molecule has 3 N–H and O–H groups in total. The summed E-state index contributed by atoms with van der Waals surface area (Å²) in [5.41, 5.74) is 5.95. The van der Waals surface area contributed by atoms with Crippen LogP contribution >= 0.6 is 11.3 Å². The number of carbonyl (C=O) groups is 1. The van der Waals surface area contributed by atoms with Crippen LogP contribution in [0.5, 0.6) is 0 Å². The highest BCUT2D eigenvalue weighted by Crippen LogP contribution is 2.31. The minimum atomic E-state index is 0.0604. The number of nitrogens with two attached hydrogens (primary N) is 1. The zero-order chi connectivity index (χ0) is 14.8. The minimum Gasteiger partial charge on any atom is -0.382 e. The molecule has 2 fully saturated rings. The number of nitrogens with zero attached hydrogens (tertiary/aromatic N) is 2. The molecule has 0 spiro atoms. The average Bonchev–Trinajstić information content (AvgIpc) is 3.01. The molecule has 1 saturated carbocycles. The Kier molecular flexibility index (Phi) is 4.33. The van der Waals surface area contributed by atoms with Crippen LogP contribution in [0.25, 0.3) is 0 Å². The Balaban J connectivity index is 1.64. The van der Waals surface area contributed by atoms with E-state index in [2.05, 4.69) is 17.2 Å². The lowest BCUT2D eigenvalue weighted by Crippen LogP contribution is -2.28. The lowest BCUT2D eigenvalue weighted by atomic mass is 9.93. The fourth-order valence-corrected chi connectivity index (χ4v) is 4.01. The molecular formula is C15H24N4OS. The van der Waals surface area contributed by atoms with Crippen molar-refractivity contribution in [1.29, 1.82) is 0 Å². The summed E-state index contributed by atoms with van der Waals surface area (Å²) in [6.07, 6.45) is 7.16. The normalized spacial score (nSPS) is 22.3. The van der Waals surface area contributed by atoms with Crippen molar-refractivity contribution in [2.75, 3.05) is 24.1 Å². The molecule has 1 amide bonds. The van der Waals surface area contributed by atoms with Crippen LogP contribution in [0, 0.1) is 5.92 Å². The summed E-state index contributed by atoms with van der Waals surface area (Å²) in [7, 11) is 0. The monoisotopic (exact) mass is 308 g/mol. The molecule has 1 atom stereocenters. The molecule has 1 aromatic rings. The first-order valence-corrected chi connectivity index (χ1v) is 8.81. The van der Waals surface area contributed by atoms with E-state index < -0.39 is 0 Å². The van der Waals surface area contributed by atoms with Gasteiger partial charge in [0.05, 0.1) is 0 Å². The maximum Gasteiger partial charge on any atom is 0.267 e. The zero-order valence-corrected chi connectivity index (χ0v) is 13.4. The highest BCUT2D eigenvalue weighted by molar-refractivity contribution is 7.18. The Morgan fingerprint density at radius 3 is 2.95 bits per heavy atom. The van der Waals surface area contributed by atoms with Gasteiger partial charge >= 0.3 is 0 Å². The zero-order valence-electron chi connectivity index (χ0n) is 12.6. The molecule has 1 saturated heterocycles. The number of hydrogen-bond donors (Lipinski definition) is 2. The summed E-state index contributed by atoms with van der Waals surface area (Å²) in [5.74, 6) is 1.09. The van der Waals surface area contributed by atoms with Crippen LogP contribution in [0.15, 0.2) is 0 Å². The molecule has 1 unspecified atom stereocenters. The third-order valence-corrected chi connectivity index (χ3v) is 5.54. The number of aromatic nitrogens is 1. The quantitative estimate of drug-likeness (QED) is 0.877. The predicted molar refractivity (Wildman–Crippen MR) is 86.7 cm³/mol.